The number of carbonyl (C=O) groups excluding carboxylic acids is 1. The van der Waals surface area contributed by atoms with Crippen LogP contribution in [0.25, 0.3) is 21.8 Å². The molecule has 0 aliphatic heterocycles. The highest BCUT2D eigenvalue weighted by molar-refractivity contribution is 7.13. The molecule has 3 aromatic heterocycles. The van der Waals surface area contributed by atoms with E-state index in [0.717, 1.165) is 46.7 Å². The molecule has 1 amide bonds. The largest absolute Gasteiger partial charge is 0.370 e. The number of nitrogens with zero attached hydrogens (tertiary/aromatic N) is 2. The molecule has 7 nitrogen and oxygen atoms in total. The lowest BCUT2D eigenvalue weighted by Gasteiger charge is -2.08. The Labute approximate surface area is 190 Å². The molecule has 2 aliphatic rings. The first-order chi connectivity index (χ1) is 15.5. The molecule has 32 heavy (non-hydrogen) atoms. The van der Waals surface area contributed by atoms with Crippen molar-refractivity contribution in [3.05, 3.63) is 51.4 Å². The molecule has 5 rings (SSSR count). The van der Waals surface area contributed by atoms with E-state index in [4.69, 9.17) is 4.98 Å². The van der Waals surface area contributed by atoms with Crippen LogP contribution in [0.2, 0.25) is 0 Å². The Kier molecular flexibility index (Phi) is 5.78. The zero-order valence-electron chi connectivity index (χ0n) is 18.1. The Hall–Kier alpha value is -3.00. The van der Waals surface area contributed by atoms with E-state index >= 15 is 0 Å². The summed E-state index contributed by atoms with van der Waals surface area (Å²) in [6.45, 7) is 3.52. The summed E-state index contributed by atoms with van der Waals surface area (Å²) < 4.78 is 0. The second-order valence-corrected chi connectivity index (χ2v) is 9.74. The van der Waals surface area contributed by atoms with Crippen molar-refractivity contribution in [3.63, 3.8) is 0 Å². The van der Waals surface area contributed by atoms with Gasteiger partial charge in [-0.3, -0.25) is 9.59 Å². The topological polar surface area (TPSA) is 99.8 Å². The molecule has 2 fully saturated rings. The SMILES string of the molecule is Cc1[nH]c(=O)c(-c2csc(-c3ccnc(NCC4CC4)c3)n2)cc1CC(=O)NCC1CC1. The van der Waals surface area contributed by atoms with Crippen LogP contribution in [-0.2, 0) is 11.2 Å². The van der Waals surface area contributed by atoms with Gasteiger partial charge in [0.2, 0.25) is 5.91 Å². The van der Waals surface area contributed by atoms with E-state index in [0.29, 0.717) is 17.2 Å². The van der Waals surface area contributed by atoms with Gasteiger partial charge in [0, 0.05) is 35.9 Å². The van der Waals surface area contributed by atoms with Crippen LogP contribution < -0.4 is 16.2 Å². The summed E-state index contributed by atoms with van der Waals surface area (Å²) in [6, 6.07) is 5.73. The van der Waals surface area contributed by atoms with E-state index in [-0.39, 0.29) is 17.9 Å². The van der Waals surface area contributed by atoms with Gasteiger partial charge in [-0.1, -0.05) is 0 Å². The highest BCUT2D eigenvalue weighted by Gasteiger charge is 2.22. The fourth-order valence-electron chi connectivity index (χ4n) is 3.62. The number of aromatic nitrogens is 3. The molecule has 0 unspecified atom stereocenters. The van der Waals surface area contributed by atoms with Gasteiger partial charge < -0.3 is 15.6 Å². The van der Waals surface area contributed by atoms with Crippen LogP contribution in [0, 0.1) is 18.8 Å². The molecule has 0 aromatic carbocycles. The molecule has 8 heteroatoms. The molecular formula is C24H27N5O2S. The summed E-state index contributed by atoms with van der Waals surface area (Å²) in [5.41, 5.74) is 3.43. The second kappa shape index (κ2) is 8.86. The number of amides is 1. The monoisotopic (exact) mass is 449 g/mol. The predicted octanol–water partition coefficient (Wildman–Crippen LogP) is 3.76. The number of rotatable bonds is 9. The Morgan fingerprint density at radius 3 is 2.75 bits per heavy atom. The quantitative estimate of drug-likeness (QED) is 0.462. The van der Waals surface area contributed by atoms with Crippen molar-refractivity contribution >= 4 is 23.1 Å². The number of aromatic amines is 1. The minimum Gasteiger partial charge on any atom is -0.370 e. The summed E-state index contributed by atoms with van der Waals surface area (Å²) in [4.78, 5) is 37.0. The lowest BCUT2D eigenvalue weighted by Crippen LogP contribution is -2.28. The highest BCUT2D eigenvalue weighted by atomic mass is 32.1. The van der Waals surface area contributed by atoms with Gasteiger partial charge in [-0.25, -0.2) is 9.97 Å². The molecule has 166 valence electrons. The number of nitrogens with one attached hydrogen (secondary N) is 3. The van der Waals surface area contributed by atoms with E-state index in [2.05, 4.69) is 20.6 Å². The molecule has 0 atom stereocenters. The van der Waals surface area contributed by atoms with Gasteiger partial charge in [-0.2, -0.15) is 0 Å². The van der Waals surface area contributed by atoms with Crippen molar-refractivity contribution in [1.29, 1.82) is 0 Å². The van der Waals surface area contributed by atoms with Gasteiger partial charge in [-0.15, -0.1) is 11.3 Å². The standard InChI is InChI=1S/C24H27N5O2S/c1-14-18(10-22(30)27-12-16-4-5-16)8-19(23(31)28-14)20-13-32-24(29-20)17-6-7-25-21(9-17)26-11-15-2-3-15/h6-9,13,15-16H,2-5,10-12H2,1H3,(H,25,26)(H,27,30)(H,28,31). The fraction of sp³-hybridized carbons (Fsp3) is 0.417. The van der Waals surface area contributed by atoms with Crippen molar-refractivity contribution in [3.8, 4) is 21.8 Å². The molecule has 0 spiro atoms. The summed E-state index contributed by atoms with van der Waals surface area (Å²) >= 11 is 1.50. The van der Waals surface area contributed by atoms with Crippen molar-refractivity contribution < 1.29 is 4.79 Å². The molecule has 0 bridgehead atoms. The first kappa shape index (κ1) is 20.9. The van der Waals surface area contributed by atoms with Gasteiger partial charge in [0.15, 0.2) is 0 Å². The highest BCUT2D eigenvalue weighted by Crippen LogP contribution is 2.31. The van der Waals surface area contributed by atoms with Crippen LogP contribution in [0.1, 0.15) is 36.9 Å². The molecule has 3 heterocycles. The van der Waals surface area contributed by atoms with E-state index in [1.807, 2.05) is 24.4 Å². The van der Waals surface area contributed by atoms with E-state index in [1.165, 1.54) is 37.0 Å². The minimum atomic E-state index is -0.192. The number of pyridine rings is 2. The van der Waals surface area contributed by atoms with Crippen LogP contribution in [0.15, 0.2) is 34.6 Å². The Bertz CT molecular complexity index is 1190. The third-order valence-electron chi connectivity index (χ3n) is 6.04. The smallest absolute Gasteiger partial charge is 0.257 e. The van der Waals surface area contributed by atoms with Gasteiger partial charge in [-0.05, 0) is 68.2 Å². The zero-order valence-corrected chi connectivity index (χ0v) is 18.9. The number of H-pyrrole nitrogens is 1. The van der Waals surface area contributed by atoms with Gasteiger partial charge in [0.05, 0.1) is 17.7 Å². The fourth-order valence-corrected chi connectivity index (χ4v) is 4.43. The number of carbonyl (C=O) groups is 1. The van der Waals surface area contributed by atoms with Crippen molar-refractivity contribution in [2.45, 2.75) is 39.0 Å². The predicted molar refractivity (Wildman–Crippen MR) is 127 cm³/mol. The van der Waals surface area contributed by atoms with E-state index in [9.17, 15) is 9.59 Å². The lowest BCUT2D eigenvalue weighted by atomic mass is 10.1. The van der Waals surface area contributed by atoms with Crippen molar-refractivity contribution in [1.82, 2.24) is 20.3 Å². The molecule has 2 saturated carbocycles. The average molecular weight is 450 g/mol. The number of anilines is 1. The molecule has 2 aliphatic carbocycles. The van der Waals surface area contributed by atoms with Crippen LogP contribution in [-0.4, -0.2) is 33.9 Å². The third-order valence-corrected chi connectivity index (χ3v) is 6.93. The maximum Gasteiger partial charge on any atom is 0.257 e. The first-order valence-corrected chi connectivity index (χ1v) is 12.1. The zero-order chi connectivity index (χ0) is 22.1. The summed E-state index contributed by atoms with van der Waals surface area (Å²) in [5, 5.41) is 9.11. The van der Waals surface area contributed by atoms with Crippen molar-refractivity contribution in [2.24, 2.45) is 11.8 Å². The molecule has 3 aromatic rings. The van der Waals surface area contributed by atoms with E-state index in [1.54, 1.807) is 12.3 Å². The third kappa shape index (κ3) is 5.07. The minimum absolute atomic E-state index is 0.0139. The first-order valence-electron chi connectivity index (χ1n) is 11.2. The number of thiazole rings is 1. The number of hydrogen-bond donors (Lipinski definition) is 3. The van der Waals surface area contributed by atoms with Crippen LogP contribution in [0.4, 0.5) is 5.82 Å². The van der Waals surface area contributed by atoms with Gasteiger partial charge in [0.1, 0.15) is 10.8 Å². The number of aryl methyl sites for hydroxylation is 1. The maximum absolute atomic E-state index is 12.6. The maximum atomic E-state index is 12.6. The molecule has 3 N–H and O–H groups in total. The second-order valence-electron chi connectivity index (χ2n) is 8.88. The average Bonchev–Trinajstić information content (AvgIpc) is 3.72. The Morgan fingerprint density at radius 2 is 1.97 bits per heavy atom. The Morgan fingerprint density at radius 1 is 1.19 bits per heavy atom. The summed E-state index contributed by atoms with van der Waals surface area (Å²) in [6.07, 6.45) is 7.01. The van der Waals surface area contributed by atoms with E-state index < -0.39 is 0 Å². The van der Waals surface area contributed by atoms with Crippen LogP contribution in [0.3, 0.4) is 0 Å². The van der Waals surface area contributed by atoms with Crippen LogP contribution in [0.5, 0.6) is 0 Å². The summed E-state index contributed by atoms with van der Waals surface area (Å²) in [5.74, 6) is 2.24. The van der Waals surface area contributed by atoms with Gasteiger partial charge >= 0.3 is 0 Å². The Balaban J connectivity index is 1.34. The number of hydrogen-bond acceptors (Lipinski definition) is 6. The summed E-state index contributed by atoms with van der Waals surface area (Å²) in [7, 11) is 0. The van der Waals surface area contributed by atoms with Crippen LogP contribution >= 0.6 is 11.3 Å². The van der Waals surface area contributed by atoms with Crippen molar-refractivity contribution in [2.75, 3.05) is 18.4 Å². The normalized spacial score (nSPS) is 15.5. The lowest BCUT2D eigenvalue weighted by molar-refractivity contribution is -0.120. The molecular weight excluding hydrogens is 422 g/mol. The molecule has 0 radical (unpaired) electrons. The molecule has 0 saturated heterocycles. The van der Waals surface area contributed by atoms with Gasteiger partial charge in [0.25, 0.3) is 5.56 Å².